The highest BCUT2D eigenvalue weighted by molar-refractivity contribution is 7.46. The van der Waals surface area contributed by atoms with Gasteiger partial charge in [0.05, 0.1) is 171 Å². The van der Waals surface area contributed by atoms with Gasteiger partial charge in [-0.1, -0.05) is 20.8 Å². The van der Waals surface area contributed by atoms with Crippen molar-refractivity contribution in [2.45, 2.75) is 120 Å². The van der Waals surface area contributed by atoms with Crippen molar-refractivity contribution < 1.29 is 188 Å². The third-order valence-corrected chi connectivity index (χ3v) is 15.0. The van der Waals surface area contributed by atoms with Gasteiger partial charge in [-0.2, -0.15) is 0 Å². The number of methoxy groups -OCH3 is 1. The van der Waals surface area contributed by atoms with Gasteiger partial charge in [-0.15, -0.1) is 0 Å². The molecule has 582 valence electrons. The summed E-state index contributed by atoms with van der Waals surface area (Å²) in [5.74, 6) is -3.05. The largest absolute Gasteiger partial charge is 0.469 e. The quantitative estimate of drug-likeness (QED) is 0.0153. The molecular weight excluding hydrogens is 1400 g/mol. The summed E-state index contributed by atoms with van der Waals surface area (Å²) in [6, 6.07) is 0. The number of ether oxygens (including phenoxy) is 14. The van der Waals surface area contributed by atoms with E-state index in [1.165, 1.54) is 21.0 Å². The first-order chi connectivity index (χ1) is 46.1. The Morgan fingerprint density at radius 3 is 1.18 bits per heavy atom. The summed E-state index contributed by atoms with van der Waals surface area (Å²) in [7, 11) is -13.4. The van der Waals surface area contributed by atoms with E-state index >= 15 is 0 Å². The molecule has 0 aromatic heterocycles. The Balaban J connectivity index is 2.49. The number of phosphoric acid groups is 3. The van der Waals surface area contributed by atoms with Gasteiger partial charge in [0.15, 0.2) is 18.9 Å². The second-order valence-corrected chi connectivity index (χ2v) is 26.0. The minimum Gasteiger partial charge on any atom is -0.390 e. The van der Waals surface area contributed by atoms with Gasteiger partial charge in [0.1, 0.15) is 48.8 Å². The number of nitrogens with one attached hydrogen (secondary N) is 3. The number of phosphoric ester groups is 3. The van der Waals surface area contributed by atoms with E-state index in [0.717, 1.165) is 0 Å². The van der Waals surface area contributed by atoms with Crippen molar-refractivity contribution in [2.75, 3.05) is 185 Å². The van der Waals surface area contributed by atoms with Crippen LogP contribution in [0.25, 0.3) is 0 Å². The Bertz CT molecular complexity index is 2230. The van der Waals surface area contributed by atoms with Gasteiger partial charge in [0, 0.05) is 63.3 Å². The van der Waals surface area contributed by atoms with E-state index in [2.05, 4.69) is 29.5 Å². The molecule has 19 N–H and O–H groups in total. The fourth-order valence-electron chi connectivity index (χ4n) is 8.07. The summed E-state index contributed by atoms with van der Waals surface area (Å²) in [6.45, 7) is 3.50. The topological polar surface area (TPSA) is 619 Å². The summed E-state index contributed by atoms with van der Waals surface area (Å²) in [5, 5.41) is 110. The van der Waals surface area contributed by atoms with Crippen molar-refractivity contribution in [3.8, 4) is 0 Å². The zero-order valence-electron chi connectivity index (χ0n) is 55.3. The SMILES string of the molecule is COC(OCCOCCOCCNC(=O)CCOCC(C)(COCCC(=O)NCCOCCOCCOC(O)C(O)C(O)C(O)C(C)COP(=O)(O)O)COCCC(=O)NCCOCCOCCOC1OC(COP(=O)(O)O)C(O)C(O)C1O)C(O)C(O)C(O)C(C)COP(=O)(O)O. The molecule has 16 atom stereocenters. The summed E-state index contributed by atoms with van der Waals surface area (Å²) >= 11 is 0. The van der Waals surface area contributed by atoms with E-state index in [9.17, 15) is 79.1 Å². The molecule has 0 bridgehead atoms. The summed E-state index contributed by atoms with van der Waals surface area (Å²) in [6.07, 6.45) is -22.3. The Morgan fingerprint density at radius 1 is 0.439 bits per heavy atom. The van der Waals surface area contributed by atoms with Crippen LogP contribution in [0.5, 0.6) is 0 Å². The van der Waals surface area contributed by atoms with Gasteiger partial charge in [0.25, 0.3) is 0 Å². The number of carbonyl (C=O) groups excluding carboxylic acids is 3. The molecule has 45 heteroatoms. The van der Waals surface area contributed by atoms with E-state index in [4.69, 9.17) is 95.7 Å². The second kappa shape index (κ2) is 52.7. The average Bonchev–Trinajstić information content (AvgIpc) is 0.820. The van der Waals surface area contributed by atoms with Gasteiger partial charge in [0.2, 0.25) is 17.7 Å². The molecule has 0 aliphatic carbocycles. The van der Waals surface area contributed by atoms with Crippen molar-refractivity contribution >= 4 is 41.2 Å². The van der Waals surface area contributed by atoms with Gasteiger partial charge in [-0.25, -0.2) is 13.7 Å². The van der Waals surface area contributed by atoms with Crippen LogP contribution in [0.3, 0.4) is 0 Å². The van der Waals surface area contributed by atoms with Crippen molar-refractivity contribution in [3.63, 3.8) is 0 Å². The highest BCUT2D eigenvalue weighted by Crippen LogP contribution is 2.39. The molecule has 1 rings (SSSR count). The van der Waals surface area contributed by atoms with Crippen LogP contribution in [0, 0.1) is 17.3 Å². The van der Waals surface area contributed by atoms with Gasteiger partial charge in [-0.05, 0) is 0 Å². The normalized spacial score (nSPS) is 20.9. The van der Waals surface area contributed by atoms with Crippen LogP contribution < -0.4 is 16.0 Å². The number of amides is 3. The van der Waals surface area contributed by atoms with Crippen molar-refractivity contribution in [3.05, 3.63) is 0 Å². The molecule has 0 aromatic rings. The van der Waals surface area contributed by atoms with Crippen LogP contribution in [-0.2, 0) is 108 Å². The van der Waals surface area contributed by atoms with E-state index in [1.54, 1.807) is 6.92 Å². The van der Waals surface area contributed by atoms with Crippen molar-refractivity contribution in [1.82, 2.24) is 16.0 Å². The Hall–Kier alpha value is -2.22. The summed E-state index contributed by atoms with van der Waals surface area (Å²) < 4.78 is 122. The van der Waals surface area contributed by atoms with Crippen LogP contribution in [0.4, 0.5) is 0 Å². The lowest BCUT2D eigenvalue weighted by atomic mass is 9.94. The van der Waals surface area contributed by atoms with Crippen LogP contribution >= 0.6 is 23.5 Å². The first kappa shape index (κ1) is 93.8. The van der Waals surface area contributed by atoms with Crippen LogP contribution in [0.1, 0.15) is 40.0 Å². The monoisotopic (exact) mass is 1500 g/mol. The first-order valence-electron chi connectivity index (χ1n) is 31.1. The molecule has 0 radical (unpaired) electrons. The molecule has 42 nitrogen and oxygen atoms in total. The molecule has 16 unspecified atom stereocenters. The van der Waals surface area contributed by atoms with E-state index < -0.39 is 140 Å². The smallest absolute Gasteiger partial charge is 0.390 e. The molecule has 0 aromatic carbocycles. The standard InChI is InChI=1S/C53H106N3O39P3/c1-35(29-92-96(70,71)72)41(60)44(63)47(66)50(69)89-26-23-83-20-17-80-14-8-54-38(57)5-11-86-32-53(3,34-88-13-7-40(59)56-10-16-82-19-22-85-25-28-91-52-49(68)46(65)43(62)37(95-52)31-94-98(76,77)78)33-87-12-6-39(58)55-9-15-81-18-21-84-24-27-90-51(79-4)48(67)45(64)42(61)36(2)30-93-97(73,74)75/h35-37,41-52,60-69H,5-34H2,1-4H3,(H,54,57)(H,55,58)(H,56,59)(H2,70,71,72)(H2,73,74,75)(H2,76,77,78). The molecule has 1 fully saturated rings. The Labute approximate surface area is 566 Å². The van der Waals surface area contributed by atoms with E-state index in [1.807, 2.05) is 0 Å². The molecule has 1 aliphatic rings. The van der Waals surface area contributed by atoms with Crippen molar-refractivity contribution in [1.29, 1.82) is 0 Å². The molecule has 98 heavy (non-hydrogen) atoms. The minimum absolute atomic E-state index is 0.00123. The van der Waals surface area contributed by atoms with Crippen molar-refractivity contribution in [2.24, 2.45) is 17.3 Å². The van der Waals surface area contributed by atoms with Gasteiger partial charge >= 0.3 is 23.5 Å². The van der Waals surface area contributed by atoms with E-state index in [0.29, 0.717) is 0 Å². The number of carbonyl (C=O) groups is 3. The molecule has 0 saturated carbocycles. The summed E-state index contributed by atoms with van der Waals surface area (Å²) in [5.41, 5.74) is -0.824. The predicted molar refractivity (Wildman–Crippen MR) is 328 cm³/mol. The van der Waals surface area contributed by atoms with Crippen LogP contribution in [0.2, 0.25) is 0 Å². The fourth-order valence-corrected chi connectivity index (χ4v) is 9.27. The molecular formula is C53H106N3O39P3. The molecule has 1 aliphatic heterocycles. The molecule has 1 heterocycles. The maximum Gasteiger partial charge on any atom is 0.469 e. The lowest BCUT2D eigenvalue weighted by Gasteiger charge is -2.40. The number of rotatable bonds is 63. The third-order valence-electron chi connectivity index (χ3n) is 13.6. The van der Waals surface area contributed by atoms with Gasteiger partial charge < -0.3 is 163 Å². The summed E-state index contributed by atoms with van der Waals surface area (Å²) in [4.78, 5) is 90.9. The number of hydrogen-bond acceptors (Lipinski definition) is 33. The average molecular weight is 1500 g/mol. The molecule has 3 amide bonds. The number of hydrogen-bond donors (Lipinski definition) is 19. The fraction of sp³-hybridized carbons (Fsp3) is 0.943. The highest BCUT2D eigenvalue weighted by Gasteiger charge is 2.45. The van der Waals surface area contributed by atoms with Crippen LogP contribution in [0.15, 0.2) is 0 Å². The lowest BCUT2D eigenvalue weighted by Crippen LogP contribution is -2.59. The predicted octanol–water partition coefficient (Wildman–Crippen LogP) is -7.43. The van der Waals surface area contributed by atoms with E-state index in [-0.39, 0.29) is 195 Å². The highest BCUT2D eigenvalue weighted by atomic mass is 31.2. The zero-order chi connectivity index (χ0) is 73.7. The van der Waals surface area contributed by atoms with Gasteiger partial charge in [-0.3, -0.25) is 28.0 Å². The number of aliphatic hydroxyl groups is 10. The molecule has 1 saturated heterocycles. The number of aliphatic hydroxyl groups excluding tert-OH is 10. The first-order valence-corrected chi connectivity index (χ1v) is 35.6. The Morgan fingerprint density at radius 2 is 0.796 bits per heavy atom. The maximum absolute atomic E-state index is 12.6. The zero-order valence-corrected chi connectivity index (χ0v) is 57.9. The molecule has 0 spiro atoms. The second-order valence-electron chi connectivity index (χ2n) is 22.3. The maximum atomic E-state index is 12.6. The lowest BCUT2D eigenvalue weighted by molar-refractivity contribution is -0.301. The third kappa shape index (κ3) is 45.8. The van der Waals surface area contributed by atoms with Crippen LogP contribution in [-0.4, -0.2) is 363 Å². The minimum atomic E-state index is -4.91. The Kier molecular flexibility index (Phi) is 50.4.